The quantitative estimate of drug-likeness (QED) is 0.833. The molecular formula is C20H22ClNO2. The highest BCUT2D eigenvalue weighted by atomic mass is 35.5. The van der Waals surface area contributed by atoms with Crippen LogP contribution in [0.1, 0.15) is 55.1 Å². The zero-order chi connectivity index (χ0) is 17.2. The SMILES string of the molecule is CCC1(CC)C[C@H](NC(=O)c2ccc(Cl)cc2)c2ccccc2O1. The predicted molar refractivity (Wildman–Crippen MR) is 96.7 cm³/mol. The van der Waals surface area contributed by atoms with Gasteiger partial charge in [0.2, 0.25) is 0 Å². The smallest absolute Gasteiger partial charge is 0.251 e. The zero-order valence-electron chi connectivity index (χ0n) is 14.0. The van der Waals surface area contributed by atoms with Gasteiger partial charge in [0.1, 0.15) is 11.4 Å². The molecule has 0 fully saturated rings. The van der Waals surface area contributed by atoms with Crippen LogP contribution in [0.2, 0.25) is 5.02 Å². The first kappa shape index (κ1) is 16.8. The van der Waals surface area contributed by atoms with Crippen LogP contribution in [0.15, 0.2) is 48.5 Å². The van der Waals surface area contributed by atoms with E-state index in [0.717, 1.165) is 30.6 Å². The van der Waals surface area contributed by atoms with Crippen molar-refractivity contribution in [3.63, 3.8) is 0 Å². The van der Waals surface area contributed by atoms with E-state index in [4.69, 9.17) is 16.3 Å². The van der Waals surface area contributed by atoms with Crippen molar-refractivity contribution in [2.45, 2.75) is 44.8 Å². The van der Waals surface area contributed by atoms with Gasteiger partial charge in [-0.25, -0.2) is 0 Å². The number of halogens is 1. The molecule has 1 N–H and O–H groups in total. The summed E-state index contributed by atoms with van der Waals surface area (Å²) < 4.78 is 6.28. The Kier molecular flexibility index (Phi) is 4.81. The Morgan fingerprint density at radius 2 is 1.83 bits per heavy atom. The molecule has 1 aliphatic rings. The van der Waals surface area contributed by atoms with E-state index < -0.39 is 0 Å². The van der Waals surface area contributed by atoms with Crippen LogP contribution in [0.5, 0.6) is 5.75 Å². The first-order chi connectivity index (χ1) is 11.6. The zero-order valence-corrected chi connectivity index (χ0v) is 14.8. The van der Waals surface area contributed by atoms with Crippen LogP contribution >= 0.6 is 11.6 Å². The van der Waals surface area contributed by atoms with Crippen molar-refractivity contribution in [1.29, 1.82) is 0 Å². The van der Waals surface area contributed by atoms with Gasteiger partial charge in [0.05, 0.1) is 6.04 Å². The van der Waals surface area contributed by atoms with E-state index in [-0.39, 0.29) is 17.6 Å². The highest BCUT2D eigenvalue weighted by molar-refractivity contribution is 6.30. The van der Waals surface area contributed by atoms with Crippen LogP contribution in [0.4, 0.5) is 0 Å². The molecule has 3 rings (SSSR count). The van der Waals surface area contributed by atoms with Crippen LogP contribution in [0.25, 0.3) is 0 Å². The average molecular weight is 344 g/mol. The second-order valence-corrected chi connectivity index (χ2v) is 6.70. The minimum atomic E-state index is -0.230. The summed E-state index contributed by atoms with van der Waals surface area (Å²) in [4.78, 5) is 12.6. The predicted octanol–water partition coefficient (Wildman–Crippen LogP) is 5.15. The molecule has 2 aromatic carbocycles. The summed E-state index contributed by atoms with van der Waals surface area (Å²) in [7, 11) is 0. The molecular weight excluding hydrogens is 322 g/mol. The lowest BCUT2D eigenvalue weighted by Crippen LogP contribution is -2.44. The summed E-state index contributed by atoms with van der Waals surface area (Å²) in [6.45, 7) is 4.27. The van der Waals surface area contributed by atoms with E-state index >= 15 is 0 Å². The molecule has 0 saturated heterocycles. The molecule has 1 heterocycles. The van der Waals surface area contributed by atoms with Gasteiger partial charge >= 0.3 is 0 Å². The number of nitrogens with one attached hydrogen (secondary N) is 1. The third-order valence-electron chi connectivity index (χ3n) is 4.90. The Hall–Kier alpha value is -2.00. The number of rotatable bonds is 4. The van der Waals surface area contributed by atoms with Crippen molar-refractivity contribution in [3.05, 3.63) is 64.7 Å². The maximum Gasteiger partial charge on any atom is 0.251 e. The number of benzene rings is 2. The lowest BCUT2D eigenvalue weighted by atomic mass is 9.83. The van der Waals surface area contributed by atoms with Crippen molar-refractivity contribution < 1.29 is 9.53 Å². The molecule has 24 heavy (non-hydrogen) atoms. The molecule has 0 aromatic heterocycles. The summed E-state index contributed by atoms with van der Waals surface area (Å²) in [5.41, 5.74) is 1.42. The van der Waals surface area contributed by atoms with Crippen molar-refractivity contribution >= 4 is 17.5 Å². The average Bonchev–Trinajstić information content (AvgIpc) is 2.62. The third kappa shape index (κ3) is 3.27. The fourth-order valence-electron chi connectivity index (χ4n) is 3.27. The first-order valence-electron chi connectivity index (χ1n) is 8.41. The van der Waals surface area contributed by atoms with Gasteiger partial charge in [-0.15, -0.1) is 0 Å². The normalized spacial score (nSPS) is 18.4. The molecule has 0 radical (unpaired) electrons. The van der Waals surface area contributed by atoms with Gasteiger partial charge in [0, 0.05) is 22.6 Å². The molecule has 3 nitrogen and oxygen atoms in total. The Balaban J connectivity index is 1.88. The molecule has 0 spiro atoms. The summed E-state index contributed by atoms with van der Waals surface area (Å²) in [5, 5.41) is 3.80. The summed E-state index contributed by atoms with van der Waals surface area (Å²) >= 11 is 5.90. The highest BCUT2D eigenvalue weighted by Crippen LogP contribution is 2.42. The van der Waals surface area contributed by atoms with E-state index in [9.17, 15) is 4.79 Å². The van der Waals surface area contributed by atoms with Crippen molar-refractivity contribution in [3.8, 4) is 5.75 Å². The van der Waals surface area contributed by atoms with Crippen LogP contribution < -0.4 is 10.1 Å². The number of fused-ring (bicyclic) bond motifs is 1. The minimum absolute atomic E-state index is 0.0574. The fraction of sp³-hybridized carbons (Fsp3) is 0.350. The number of hydrogen-bond acceptors (Lipinski definition) is 2. The first-order valence-corrected chi connectivity index (χ1v) is 8.79. The molecule has 1 atom stereocenters. The number of ether oxygens (including phenoxy) is 1. The summed E-state index contributed by atoms with van der Waals surface area (Å²) in [6.07, 6.45) is 2.59. The van der Waals surface area contributed by atoms with Crippen LogP contribution in [0.3, 0.4) is 0 Å². The molecule has 4 heteroatoms. The molecule has 2 aromatic rings. The highest BCUT2D eigenvalue weighted by Gasteiger charge is 2.38. The van der Waals surface area contributed by atoms with Crippen molar-refractivity contribution in [2.24, 2.45) is 0 Å². The molecule has 0 saturated carbocycles. The lowest BCUT2D eigenvalue weighted by molar-refractivity contribution is 0.0227. The summed E-state index contributed by atoms with van der Waals surface area (Å²) in [5.74, 6) is 0.781. The Bertz CT molecular complexity index is 723. The Morgan fingerprint density at radius 3 is 2.50 bits per heavy atom. The number of para-hydroxylation sites is 1. The molecule has 126 valence electrons. The second kappa shape index (κ2) is 6.86. The van der Waals surface area contributed by atoms with Gasteiger partial charge in [0.25, 0.3) is 5.91 Å². The molecule has 1 amide bonds. The largest absolute Gasteiger partial charge is 0.487 e. The maximum absolute atomic E-state index is 12.6. The molecule has 1 aliphatic heterocycles. The van der Waals surface area contributed by atoms with Crippen molar-refractivity contribution in [1.82, 2.24) is 5.32 Å². The van der Waals surface area contributed by atoms with E-state index in [0.29, 0.717) is 10.6 Å². The summed E-state index contributed by atoms with van der Waals surface area (Å²) in [6, 6.07) is 14.9. The van der Waals surface area contributed by atoms with Gasteiger partial charge < -0.3 is 10.1 Å². The minimum Gasteiger partial charge on any atom is -0.487 e. The van der Waals surface area contributed by atoms with E-state index in [1.807, 2.05) is 24.3 Å². The molecule has 0 unspecified atom stereocenters. The van der Waals surface area contributed by atoms with Gasteiger partial charge in [-0.3, -0.25) is 4.79 Å². The Morgan fingerprint density at radius 1 is 1.17 bits per heavy atom. The van der Waals surface area contributed by atoms with Gasteiger partial charge in [-0.2, -0.15) is 0 Å². The monoisotopic (exact) mass is 343 g/mol. The fourth-order valence-corrected chi connectivity index (χ4v) is 3.40. The molecule has 0 aliphatic carbocycles. The van der Waals surface area contributed by atoms with E-state index in [1.54, 1.807) is 24.3 Å². The third-order valence-corrected chi connectivity index (χ3v) is 5.15. The maximum atomic E-state index is 12.6. The number of amides is 1. The lowest BCUT2D eigenvalue weighted by Gasteiger charge is -2.41. The van der Waals surface area contributed by atoms with Crippen molar-refractivity contribution in [2.75, 3.05) is 0 Å². The number of hydrogen-bond donors (Lipinski definition) is 1. The topological polar surface area (TPSA) is 38.3 Å². The van der Waals surface area contributed by atoms with Gasteiger partial charge in [0.15, 0.2) is 0 Å². The van der Waals surface area contributed by atoms with Gasteiger partial charge in [-0.1, -0.05) is 43.6 Å². The second-order valence-electron chi connectivity index (χ2n) is 6.27. The van der Waals surface area contributed by atoms with E-state index in [2.05, 4.69) is 19.2 Å². The van der Waals surface area contributed by atoms with Crippen LogP contribution in [-0.4, -0.2) is 11.5 Å². The Labute approximate surface area is 148 Å². The molecule has 0 bridgehead atoms. The number of carbonyl (C=O) groups is 1. The standard InChI is InChI=1S/C20H22ClNO2/c1-3-20(4-2)13-17(16-7-5-6-8-18(16)24-20)22-19(23)14-9-11-15(21)12-10-14/h5-12,17H,3-4,13H2,1-2H3,(H,22,23)/t17-/m0/s1. The van der Waals surface area contributed by atoms with Crippen LogP contribution in [-0.2, 0) is 0 Å². The van der Waals surface area contributed by atoms with Crippen LogP contribution in [0, 0.1) is 0 Å². The van der Waals surface area contributed by atoms with Gasteiger partial charge in [-0.05, 0) is 43.2 Å². The number of carbonyl (C=O) groups excluding carboxylic acids is 1. The van der Waals surface area contributed by atoms with E-state index in [1.165, 1.54) is 0 Å².